The normalized spacial score (nSPS) is 10.8. The number of nitrogens with one attached hydrogen (secondary N) is 1. The van der Waals surface area contributed by atoms with E-state index in [2.05, 4.69) is 5.32 Å². The van der Waals surface area contributed by atoms with E-state index in [-0.39, 0.29) is 5.56 Å². The third-order valence-electron chi connectivity index (χ3n) is 2.71. The second-order valence-corrected chi connectivity index (χ2v) is 4.13. The molecule has 0 bridgehead atoms. The number of halogens is 3. The van der Waals surface area contributed by atoms with Crippen LogP contribution >= 0.6 is 0 Å². The van der Waals surface area contributed by atoms with Crippen LogP contribution in [-0.4, -0.2) is 13.6 Å². The van der Waals surface area contributed by atoms with Crippen molar-refractivity contribution in [3.63, 3.8) is 0 Å². The molecule has 1 N–H and O–H groups in total. The maximum absolute atomic E-state index is 13.2. The van der Waals surface area contributed by atoms with E-state index in [0.29, 0.717) is 12.5 Å². The zero-order valence-corrected chi connectivity index (χ0v) is 10.0. The van der Waals surface area contributed by atoms with Gasteiger partial charge in [0, 0.05) is 6.07 Å². The predicted octanol–water partition coefficient (Wildman–Crippen LogP) is 3.43. The van der Waals surface area contributed by atoms with Crippen molar-refractivity contribution >= 4 is 0 Å². The molecule has 96 valence electrons. The summed E-state index contributed by atoms with van der Waals surface area (Å²) in [5.74, 6) is -2.75. The third kappa shape index (κ3) is 4.77. The summed E-state index contributed by atoms with van der Waals surface area (Å²) in [5.41, 5.74) is 0.262. The van der Waals surface area contributed by atoms with Crippen molar-refractivity contribution in [3.05, 3.63) is 35.1 Å². The Bertz CT molecular complexity index is 353. The van der Waals surface area contributed by atoms with Crippen LogP contribution in [0.4, 0.5) is 13.2 Å². The van der Waals surface area contributed by atoms with Crippen molar-refractivity contribution in [1.29, 1.82) is 0 Å². The smallest absolute Gasteiger partial charge is 0.161 e. The molecule has 0 fully saturated rings. The Kier molecular flexibility index (Phi) is 6.05. The lowest BCUT2D eigenvalue weighted by Gasteiger charge is -2.04. The Morgan fingerprint density at radius 2 is 1.53 bits per heavy atom. The highest BCUT2D eigenvalue weighted by molar-refractivity contribution is 5.20. The summed E-state index contributed by atoms with van der Waals surface area (Å²) in [4.78, 5) is 0. The molecule has 0 aliphatic rings. The van der Waals surface area contributed by atoms with E-state index >= 15 is 0 Å². The molecule has 0 radical (unpaired) electrons. The van der Waals surface area contributed by atoms with Crippen LogP contribution in [0.1, 0.15) is 31.2 Å². The van der Waals surface area contributed by atoms with Gasteiger partial charge >= 0.3 is 0 Å². The van der Waals surface area contributed by atoms with Crippen LogP contribution in [0.2, 0.25) is 0 Å². The zero-order valence-electron chi connectivity index (χ0n) is 10.0. The minimum atomic E-state index is -1.12. The molecule has 0 unspecified atom stereocenters. The Balaban J connectivity index is 2.34. The summed E-state index contributed by atoms with van der Waals surface area (Å²) in [5, 5.41) is 3.05. The summed E-state index contributed by atoms with van der Waals surface area (Å²) < 4.78 is 38.8. The molecule has 0 aromatic heterocycles. The van der Waals surface area contributed by atoms with E-state index in [9.17, 15) is 13.2 Å². The maximum Gasteiger partial charge on any atom is 0.161 e. The average molecular weight is 245 g/mol. The number of benzene rings is 1. The first-order valence-corrected chi connectivity index (χ1v) is 5.93. The van der Waals surface area contributed by atoms with Crippen molar-refractivity contribution in [2.24, 2.45) is 0 Å². The molecule has 0 aliphatic heterocycles. The summed E-state index contributed by atoms with van der Waals surface area (Å²) in [6.07, 6.45) is 4.37. The largest absolute Gasteiger partial charge is 0.320 e. The van der Waals surface area contributed by atoms with Gasteiger partial charge in [0.1, 0.15) is 5.82 Å². The van der Waals surface area contributed by atoms with Gasteiger partial charge in [-0.3, -0.25) is 0 Å². The summed E-state index contributed by atoms with van der Waals surface area (Å²) in [7, 11) is 1.90. The molecular formula is C13H18F3N. The quantitative estimate of drug-likeness (QED) is 0.573. The van der Waals surface area contributed by atoms with Gasteiger partial charge < -0.3 is 5.32 Å². The van der Waals surface area contributed by atoms with E-state index in [1.807, 2.05) is 7.05 Å². The summed E-state index contributed by atoms with van der Waals surface area (Å²) in [6.45, 7) is 0.972. The fourth-order valence-corrected chi connectivity index (χ4v) is 1.73. The van der Waals surface area contributed by atoms with Crippen LogP contribution in [-0.2, 0) is 6.42 Å². The van der Waals surface area contributed by atoms with Crippen molar-refractivity contribution in [1.82, 2.24) is 5.32 Å². The predicted molar refractivity (Wildman–Crippen MR) is 62.4 cm³/mol. The fraction of sp³-hybridized carbons (Fsp3) is 0.538. The standard InChI is InChI=1S/C13H18F3N/c1-17-7-5-3-2-4-6-10-8-12(15)13(16)9-11(10)14/h8-9,17H,2-7H2,1H3. The van der Waals surface area contributed by atoms with Gasteiger partial charge in [0.2, 0.25) is 0 Å². The molecule has 1 nitrogen and oxygen atoms in total. The van der Waals surface area contributed by atoms with E-state index in [4.69, 9.17) is 0 Å². The molecular weight excluding hydrogens is 227 g/mol. The first-order valence-electron chi connectivity index (χ1n) is 5.93. The van der Waals surface area contributed by atoms with Gasteiger partial charge in [-0.25, -0.2) is 13.2 Å². The van der Waals surface area contributed by atoms with Crippen LogP contribution in [0, 0.1) is 17.5 Å². The second kappa shape index (κ2) is 7.33. The molecule has 0 aliphatic carbocycles. The number of hydrogen-bond donors (Lipinski definition) is 1. The Morgan fingerprint density at radius 3 is 2.24 bits per heavy atom. The Morgan fingerprint density at radius 1 is 0.882 bits per heavy atom. The van der Waals surface area contributed by atoms with Gasteiger partial charge in [-0.05, 0) is 44.5 Å². The van der Waals surface area contributed by atoms with Gasteiger partial charge in [0.15, 0.2) is 11.6 Å². The van der Waals surface area contributed by atoms with Crippen LogP contribution in [0.5, 0.6) is 0 Å². The molecule has 1 aromatic carbocycles. The van der Waals surface area contributed by atoms with Gasteiger partial charge in [-0.2, -0.15) is 0 Å². The molecule has 1 aromatic rings. The molecule has 0 saturated heterocycles. The van der Waals surface area contributed by atoms with E-state index in [0.717, 1.165) is 38.3 Å². The lowest BCUT2D eigenvalue weighted by Crippen LogP contribution is -2.07. The molecule has 17 heavy (non-hydrogen) atoms. The van der Waals surface area contributed by atoms with Crippen molar-refractivity contribution in [2.45, 2.75) is 32.1 Å². The van der Waals surface area contributed by atoms with E-state index in [1.165, 1.54) is 0 Å². The highest BCUT2D eigenvalue weighted by atomic mass is 19.2. The van der Waals surface area contributed by atoms with Crippen LogP contribution in [0.25, 0.3) is 0 Å². The molecule has 0 spiro atoms. The molecule has 0 saturated carbocycles. The molecule has 1 rings (SSSR count). The number of rotatable bonds is 7. The van der Waals surface area contributed by atoms with E-state index in [1.54, 1.807) is 0 Å². The lowest BCUT2D eigenvalue weighted by atomic mass is 10.1. The number of aryl methyl sites for hydroxylation is 1. The first-order chi connectivity index (χ1) is 8.15. The van der Waals surface area contributed by atoms with Crippen LogP contribution in [0.15, 0.2) is 12.1 Å². The first kappa shape index (κ1) is 14.0. The zero-order chi connectivity index (χ0) is 12.7. The van der Waals surface area contributed by atoms with Gasteiger partial charge in [-0.15, -0.1) is 0 Å². The van der Waals surface area contributed by atoms with E-state index < -0.39 is 17.5 Å². The summed E-state index contributed by atoms with van der Waals surface area (Å²) in [6, 6.07) is 1.57. The Labute approximate surface area is 100 Å². The monoisotopic (exact) mass is 245 g/mol. The average Bonchev–Trinajstić information content (AvgIpc) is 2.30. The highest BCUT2D eigenvalue weighted by Crippen LogP contribution is 2.16. The number of hydrogen-bond acceptors (Lipinski definition) is 1. The van der Waals surface area contributed by atoms with Gasteiger partial charge in [0.05, 0.1) is 0 Å². The number of unbranched alkanes of at least 4 members (excludes halogenated alkanes) is 3. The molecule has 0 atom stereocenters. The van der Waals surface area contributed by atoms with Crippen LogP contribution < -0.4 is 5.32 Å². The van der Waals surface area contributed by atoms with Gasteiger partial charge in [0.25, 0.3) is 0 Å². The third-order valence-corrected chi connectivity index (χ3v) is 2.71. The summed E-state index contributed by atoms with van der Waals surface area (Å²) >= 11 is 0. The highest BCUT2D eigenvalue weighted by Gasteiger charge is 2.09. The minimum Gasteiger partial charge on any atom is -0.320 e. The fourth-order valence-electron chi connectivity index (χ4n) is 1.73. The van der Waals surface area contributed by atoms with Crippen molar-refractivity contribution < 1.29 is 13.2 Å². The van der Waals surface area contributed by atoms with Crippen LogP contribution in [0.3, 0.4) is 0 Å². The van der Waals surface area contributed by atoms with Gasteiger partial charge in [-0.1, -0.05) is 12.8 Å². The molecule has 4 heteroatoms. The topological polar surface area (TPSA) is 12.0 Å². The van der Waals surface area contributed by atoms with Crippen molar-refractivity contribution in [2.75, 3.05) is 13.6 Å². The SMILES string of the molecule is CNCCCCCCc1cc(F)c(F)cc1F. The Hall–Kier alpha value is -1.03. The minimum absolute atomic E-state index is 0.262. The second-order valence-electron chi connectivity index (χ2n) is 4.13. The lowest BCUT2D eigenvalue weighted by molar-refractivity contribution is 0.488. The van der Waals surface area contributed by atoms with Crippen molar-refractivity contribution in [3.8, 4) is 0 Å². The molecule has 0 heterocycles. The maximum atomic E-state index is 13.2. The molecule has 0 amide bonds.